The Morgan fingerprint density at radius 2 is 1.57 bits per heavy atom. The second-order valence-electron chi connectivity index (χ2n) is 6.79. The third-order valence-electron chi connectivity index (χ3n) is 4.59. The minimum atomic E-state index is -3.71. The highest BCUT2D eigenvalue weighted by Gasteiger charge is 2.24. The first-order chi connectivity index (χ1) is 14.2. The first-order valence-corrected chi connectivity index (χ1v) is 11.1. The zero-order valence-electron chi connectivity index (χ0n) is 17.7. The van der Waals surface area contributed by atoms with Gasteiger partial charge in [-0.3, -0.25) is 20.4 Å². The summed E-state index contributed by atoms with van der Waals surface area (Å²) in [5, 5.41) is 2.95. The second-order valence-corrected chi connectivity index (χ2v) is 8.70. The largest absolute Gasteiger partial charge is 0.376 e. The summed E-state index contributed by atoms with van der Waals surface area (Å²) in [7, 11) is -3.71. The molecule has 30 heavy (non-hydrogen) atoms. The number of anilines is 1. The number of hydrazine groups is 1. The fraction of sp³-hybridized carbons (Fsp3) is 0.333. The fourth-order valence-electron chi connectivity index (χ4n) is 2.82. The van der Waals surface area contributed by atoms with Crippen LogP contribution in [0.1, 0.15) is 35.3 Å². The van der Waals surface area contributed by atoms with Crippen molar-refractivity contribution in [2.24, 2.45) is 0 Å². The molecule has 0 radical (unpaired) electrons. The third-order valence-corrected chi connectivity index (χ3v) is 6.79. The highest BCUT2D eigenvalue weighted by molar-refractivity contribution is 7.89. The molecule has 9 heteroatoms. The van der Waals surface area contributed by atoms with Gasteiger partial charge in [-0.15, -0.1) is 0 Å². The summed E-state index contributed by atoms with van der Waals surface area (Å²) < 4.78 is 27.0. The Labute approximate surface area is 177 Å². The van der Waals surface area contributed by atoms with Crippen molar-refractivity contribution in [2.75, 3.05) is 25.0 Å². The average Bonchev–Trinajstić information content (AvgIpc) is 2.72. The molecule has 0 unspecified atom stereocenters. The van der Waals surface area contributed by atoms with Crippen LogP contribution in [0, 0.1) is 13.8 Å². The van der Waals surface area contributed by atoms with Gasteiger partial charge in [0.1, 0.15) is 0 Å². The lowest BCUT2D eigenvalue weighted by Gasteiger charge is -2.20. The summed E-state index contributed by atoms with van der Waals surface area (Å²) in [6.45, 7) is 7.79. The number of nitrogens with zero attached hydrogens (tertiary/aromatic N) is 1. The Bertz CT molecular complexity index is 1000. The van der Waals surface area contributed by atoms with E-state index in [1.165, 1.54) is 16.4 Å². The summed E-state index contributed by atoms with van der Waals surface area (Å²) in [6.07, 6.45) is 0. The Kier molecular flexibility index (Phi) is 7.96. The summed E-state index contributed by atoms with van der Waals surface area (Å²) >= 11 is 0. The number of sulfonamides is 1. The lowest BCUT2D eigenvalue weighted by molar-refractivity contribution is -0.120. The smallest absolute Gasteiger partial charge is 0.269 e. The van der Waals surface area contributed by atoms with Gasteiger partial charge in [-0.05, 0) is 43.7 Å². The molecule has 0 aromatic heterocycles. The van der Waals surface area contributed by atoms with E-state index in [1.807, 2.05) is 31.2 Å². The van der Waals surface area contributed by atoms with Crippen LogP contribution in [0.3, 0.4) is 0 Å². The van der Waals surface area contributed by atoms with Crippen molar-refractivity contribution in [3.05, 3.63) is 59.2 Å². The quantitative estimate of drug-likeness (QED) is 0.555. The van der Waals surface area contributed by atoms with E-state index in [0.717, 1.165) is 11.3 Å². The summed E-state index contributed by atoms with van der Waals surface area (Å²) in [6, 6.07) is 12.0. The van der Waals surface area contributed by atoms with Crippen molar-refractivity contribution in [3.63, 3.8) is 0 Å². The topological polar surface area (TPSA) is 108 Å². The van der Waals surface area contributed by atoms with Crippen molar-refractivity contribution in [2.45, 2.75) is 32.6 Å². The van der Waals surface area contributed by atoms with Crippen molar-refractivity contribution in [3.8, 4) is 0 Å². The van der Waals surface area contributed by atoms with Gasteiger partial charge in [-0.25, -0.2) is 8.42 Å². The van der Waals surface area contributed by atoms with Gasteiger partial charge in [0.2, 0.25) is 10.0 Å². The maximum absolute atomic E-state index is 12.8. The van der Waals surface area contributed by atoms with Crippen LogP contribution in [0.4, 0.5) is 5.69 Å². The monoisotopic (exact) mass is 432 g/mol. The predicted octanol–water partition coefficient (Wildman–Crippen LogP) is 2.21. The minimum absolute atomic E-state index is 0.0289. The van der Waals surface area contributed by atoms with Crippen LogP contribution in [0.2, 0.25) is 0 Å². The first kappa shape index (κ1) is 23.4. The molecular formula is C21H28N4O4S. The van der Waals surface area contributed by atoms with Gasteiger partial charge >= 0.3 is 0 Å². The molecule has 0 heterocycles. The van der Waals surface area contributed by atoms with Gasteiger partial charge in [0, 0.05) is 24.3 Å². The number of rotatable bonds is 8. The molecule has 0 saturated heterocycles. The second kappa shape index (κ2) is 10.2. The van der Waals surface area contributed by atoms with E-state index in [2.05, 4.69) is 16.2 Å². The van der Waals surface area contributed by atoms with Gasteiger partial charge in [-0.2, -0.15) is 4.31 Å². The summed E-state index contributed by atoms with van der Waals surface area (Å²) in [5.74, 6) is -1.04. The van der Waals surface area contributed by atoms with Gasteiger partial charge in [-0.1, -0.05) is 37.6 Å². The normalized spacial score (nSPS) is 11.2. The molecule has 2 amide bonds. The van der Waals surface area contributed by atoms with Crippen LogP contribution in [0.15, 0.2) is 47.4 Å². The number of amides is 2. The SMILES string of the molecule is CCN(CC)S(=O)(=O)c1cc(C(=O)NNC(=O)CNc2ccc(C)cc2)ccc1C. The first-order valence-electron chi connectivity index (χ1n) is 9.69. The van der Waals surface area contributed by atoms with E-state index < -0.39 is 21.8 Å². The molecule has 0 aliphatic rings. The van der Waals surface area contributed by atoms with E-state index in [0.29, 0.717) is 18.7 Å². The fourth-order valence-corrected chi connectivity index (χ4v) is 4.53. The van der Waals surface area contributed by atoms with Crippen molar-refractivity contribution in [1.82, 2.24) is 15.2 Å². The average molecular weight is 433 g/mol. The molecule has 2 rings (SSSR count). The molecule has 3 N–H and O–H groups in total. The zero-order chi connectivity index (χ0) is 22.3. The lowest BCUT2D eigenvalue weighted by Crippen LogP contribution is -2.44. The van der Waals surface area contributed by atoms with Crippen LogP contribution in [-0.4, -0.2) is 44.2 Å². The molecular weight excluding hydrogens is 404 g/mol. The van der Waals surface area contributed by atoms with Gasteiger partial charge in [0.25, 0.3) is 11.8 Å². The number of hydrogen-bond acceptors (Lipinski definition) is 5. The van der Waals surface area contributed by atoms with Gasteiger partial charge in [0.05, 0.1) is 11.4 Å². The minimum Gasteiger partial charge on any atom is -0.376 e. The number of benzene rings is 2. The van der Waals surface area contributed by atoms with E-state index in [9.17, 15) is 18.0 Å². The number of carbonyl (C=O) groups excluding carboxylic acids is 2. The van der Waals surface area contributed by atoms with Crippen molar-refractivity contribution in [1.29, 1.82) is 0 Å². The van der Waals surface area contributed by atoms with E-state index in [1.54, 1.807) is 26.8 Å². The zero-order valence-corrected chi connectivity index (χ0v) is 18.5. The summed E-state index contributed by atoms with van der Waals surface area (Å²) in [4.78, 5) is 24.5. The molecule has 2 aromatic rings. The van der Waals surface area contributed by atoms with E-state index in [4.69, 9.17) is 0 Å². The molecule has 0 bridgehead atoms. The Balaban J connectivity index is 2.01. The standard InChI is InChI=1S/C21H28N4O4S/c1-5-25(6-2)30(28,29)19-13-17(10-9-16(19)4)21(27)24-23-20(26)14-22-18-11-7-15(3)8-12-18/h7-13,22H,5-6,14H2,1-4H3,(H,23,26)(H,24,27). The molecule has 2 aromatic carbocycles. The number of aryl methyl sites for hydroxylation is 2. The number of carbonyl (C=O) groups is 2. The van der Waals surface area contributed by atoms with Crippen molar-refractivity contribution < 1.29 is 18.0 Å². The number of hydrogen-bond donors (Lipinski definition) is 3. The van der Waals surface area contributed by atoms with Gasteiger partial charge < -0.3 is 5.32 Å². The third kappa shape index (κ3) is 5.80. The Morgan fingerprint density at radius 3 is 2.17 bits per heavy atom. The van der Waals surface area contributed by atoms with Crippen LogP contribution >= 0.6 is 0 Å². The Hall–Kier alpha value is -2.91. The number of nitrogens with one attached hydrogen (secondary N) is 3. The van der Waals surface area contributed by atoms with Crippen LogP contribution in [0.5, 0.6) is 0 Å². The van der Waals surface area contributed by atoms with E-state index in [-0.39, 0.29) is 17.0 Å². The van der Waals surface area contributed by atoms with Crippen molar-refractivity contribution >= 4 is 27.5 Å². The molecule has 162 valence electrons. The molecule has 0 saturated carbocycles. The maximum atomic E-state index is 12.8. The molecule has 0 spiro atoms. The molecule has 8 nitrogen and oxygen atoms in total. The van der Waals surface area contributed by atoms with Crippen LogP contribution in [-0.2, 0) is 14.8 Å². The molecule has 0 fully saturated rings. The Morgan fingerprint density at radius 1 is 0.933 bits per heavy atom. The lowest BCUT2D eigenvalue weighted by atomic mass is 10.1. The van der Waals surface area contributed by atoms with E-state index >= 15 is 0 Å². The molecule has 0 aliphatic carbocycles. The van der Waals surface area contributed by atoms with Crippen LogP contribution in [0.25, 0.3) is 0 Å². The van der Waals surface area contributed by atoms with Gasteiger partial charge in [0.15, 0.2) is 0 Å². The summed E-state index contributed by atoms with van der Waals surface area (Å²) in [5.41, 5.74) is 7.21. The highest BCUT2D eigenvalue weighted by atomic mass is 32.2. The highest BCUT2D eigenvalue weighted by Crippen LogP contribution is 2.21. The molecule has 0 aliphatic heterocycles. The maximum Gasteiger partial charge on any atom is 0.269 e. The van der Waals surface area contributed by atoms with Crippen LogP contribution < -0.4 is 16.2 Å². The predicted molar refractivity (Wildman–Crippen MR) is 117 cm³/mol. The molecule has 0 atom stereocenters.